The van der Waals surface area contributed by atoms with E-state index >= 15 is 0 Å². The smallest absolute Gasteiger partial charge is 0.357 e. The van der Waals surface area contributed by atoms with Crippen molar-refractivity contribution in [3.63, 3.8) is 0 Å². The molecule has 9 heteroatoms. The summed E-state index contributed by atoms with van der Waals surface area (Å²) in [6.45, 7) is -0.280. The van der Waals surface area contributed by atoms with Crippen LogP contribution in [0.15, 0.2) is 54.6 Å². The van der Waals surface area contributed by atoms with Crippen LogP contribution in [0.25, 0.3) is 0 Å². The first-order chi connectivity index (χ1) is 14.4. The van der Waals surface area contributed by atoms with Crippen LogP contribution in [-0.4, -0.2) is 16.9 Å². The molecule has 3 aromatic rings. The normalized spacial score (nSPS) is 10.5. The molecule has 0 atom stereocenters. The van der Waals surface area contributed by atoms with Crippen molar-refractivity contribution in [1.29, 1.82) is 0 Å². The van der Waals surface area contributed by atoms with Crippen molar-refractivity contribution >= 4 is 58.3 Å². The maximum Gasteiger partial charge on any atom is 0.357 e. The summed E-state index contributed by atoms with van der Waals surface area (Å²) in [6, 6.07) is 14.2. The van der Waals surface area contributed by atoms with Gasteiger partial charge in [0.15, 0.2) is 0 Å². The molecule has 0 N–H and O–H groups in total. The Morgan fingerprint density at radius 2 is 0.967 bits per heavy atom. The van der Waals surface area contributed by atoms with Crippen LogP contribution in [0.1, 0.15) is 32.1 Å². The summed E-state index contributed by atoms with van der Waals surface area (Å²) in [5, 5.41) is 1.50. The lowest BCUT2D eigenvalue weighted by Gasteiger charge is -2.10. The molecule has 0 aliphatic carbocycles. The molecule has 0 radical (unpaired) electrons. The summed E-state index contributed by atoms with van der Waals surface area (Å²) in [7, 11) is 0. The summed E-state index contributed by atoms with van der Waals surface area (Å²) in [5.41, 5.74) is 0.814. The number of aromatic nitrogens is 1. The van der Waals surface area contributed by atoms with Crippen molar-refractivity contribution in [2.45, 2.75) is 13.2 Å². The third kappa shape index (κ3) is 5.43. The van der Waals surface area contributed by atoms with Crippen LogP contribution in [0.4, 0.5) is 0 Å². The maximum absolute atomic E-state index is 12.3. The van der Waals surface area contributed by atoms with E-state index in [0.717, 1.165) is 0 Å². The summed E-state index contributed by atoms with van der Waals surface area (Å²) in [6.07, 6.45) is 0. The van der Waals surface area contributed by atoms with Crippen LogP contribution >= 0.6 is 46.4 Å². The number of nitrogens with zero attached hydrogens (tertiary/aromatic N) is 1. The lowest BCUT2D eigenvalue weighted by atomic mass is 10.2. The van der Waals surface area contributed by atoms with Gasteiger partial charge in [0.05, 0.1) is 0 Å². The molecule has 0 fully saturated rings. The zero-order chi connectivity index (χ0) is 21.7. The largest absolute Gasteiger partial charge is 0.456 e. The monoisotopic (exact) mass is 483 g/mol. The molecule has 154 valence electrons. The van der Waals surface area contributed by atoms with E-state index in [4.69, 9.17) is 55.9 Å². The zero-order valence-electron chi connectivity index (χ0n) is 15.2. The van der Waals surface area contributed by atoms with E-state index in [2.05, 4.69) is 4.98 Å². The topological polar surface area (TPSA) is 65.5 Å². The van der Waals surface area contributed by atoms with Crippen molar-refractivity contribution in [2.75, 3.05) is 0 Å². The van der Waals surface area contributed by atoms with Crippen molar-refractivity contribution < 1.29 is 19.1 Å². The number of hydrogen-bond donors (Lipinski definition) is 0. The second-order valence-corrected chi connectivity index (χ2v) is 7.59. The molecular weight excluding hydrogens is 472 g/mol. The molecule has 5 nitrogen and oxygen atoms in total. The van der Waals surface area contributed by atoms with Gasteiger partial charge in [-0.2, -0.15) is 0 Å². The molecule has 3 rings (SSSR count). The van der Waals surface area contributed by atoms with E-state index in [0.29, 0.717) is 31.2 Å². The van der Waals surface area contributed by atoms with Gasteiger partial charge in [-0.1, -0.05) is 64.6 Å². The first-order valence-corrected chi connectivity index (χ1v) is 10.0. The average molecular weight is 485 g/mol. The number of ether oxygens (including phenoxy) is 2. The molecular formula is C21H13Cl4NO4. The highest BCUT2D eigenvalue weighted by Gasteiger charge is 2.17. The van der Waals surface area contributed by atoms with Gasteiger partial charge in [-0.3, -0.25) is 0 Å². The summed E-state index contributed by atoms with van der Waals surface area (Å²) >= 11 is 24.2. The van der Waals surface area contributed by atoms with Crippen molar-refractivity contribution in [1.82, 2.24) is 4.98 Å². The zero-order valence-corrected chi connectivity index (χ0v) is 18.2. The molecule has 30 heavy (non-hydrogen) atoms. The SMILES string of the molecule is O=C(OCc1c(Cl)cccc1Cl)c1cccc(C(=O)OCc2c(Cl)cccc2Cl)n1. The van der Waals surface area contributed by atoms with Gasteiger partial charge in [0.1, 0.15) is 24.6 Å². The molecule has 0 amide bonds. The molecule has 0 saturated heterocycles. The standard InChI is InChI=1S/C21H13Cl4NO4/c22-14-4-1-5-15(23)12(14)10-29-20(27)18-8-3-9-19(26-18)21(28)30-11-13-16(24)6-2-7-17(13)25/h1-9H,10-11H2. The van der Waals surface area contributed by atoms with Crippen LogP contribution in [0.5, 0.6) is 0 Å². The third-order valence-electron chi connectivity index (χ3n) is 3.99. The van der Waals surface area contributed by atoms with Crippen LogP contribution in [0.2, 0.25) is 20.1 Å². The molecule has 0 aliphatic rings. The maximum atomic E-state index is 12.3. The van der Waals surface area contributed by atoms with E-state index in [-0.39, 0.29) is 24.6 Å². The Bertz CT molecular complexity index is 981. The van der Waals surface area contributed by atoms with Crippen LogP contribution in [0, 0.1) is 0 Å². The lowest BCUT2D eigenvalue weighted by molar-refractivity contribution is 0.0457. The van der Waals surface area contributed by atoms with Gasteiger partial charge in [-0.25, -0.2) is 14.6 Å². The molecule has 0 unspecified atom stereocenters. The van der Waals surface area contributed by atoms with Crippen molar-refractivity contribution in [3.8, 4) is 0 Å². The first kappa shape index (κ1) is 22.4. The minimum Gasteiger partial charge on any atom is -0.456 e. The fourth-order valence-corrected chi connectivity index (χ4v) is 3.44. The number of carbonyl (C=O) groups excluding carboxylic acids is 2. The predicted molar refractivity (Wildman–Crippen MR) is 115 cm³/mol. The Labute approximate surface area is 192 Å². The number of rotatable bonds is 6. The van der Waals surface area contributed by atoms with Gasteiger partial charge in [-0.15, -0.1) is 0 Å². The Morgan fingerprint density at radius 1 is 0.633 bits per heavy atom. The Hall–Kier alpha value is -2.31. The number of halogens is 4. The molecule has 1 heterocycles. The summed E-state index contributed by atoms with van der Waals surface area (Å²) in [4.78, 5) is 28.7. The number of hydrogen-bond acceptors (Lipinski definition) is 5. The van der Waals surface area contributed by atoms with E-state index in [1.807, 2.05) is 0 Å². The van der Waals surface area contributed by atoms with Gasteiger partial charge >= 0.3 is 11.9 Å². The third-order valence-corrected chi connectivity index (χ3v) is 5.40. The van der Waals surface area contributed by atoms with Gasteiger partial charge in [-0.05, 0) is 36.4 Å². The molecule has 0 aliphatic heterocycles. The summed E-state index contributed by atoms with van der Waals surface area (Å²) < 4.78 is 10.4. The van der Waals surface area contributed by atoms with E-state index in [9.17, 15) is 9.59 Å². The summed E-state index contributed by atoms with van der Waals surface area (Å²) in [5.74, 6) is -1.48. The number of esters is 2. The van der Waals surface area contributed by atoms with E-state index in [1.165, 1.54) is 18.2 Å². The minimum absolute atomic E-state index is 0.0663. The highest BCUT2D eigenvalue weighted by molar-refractivity contribution is 6.36. The van der Waals surface area contributed by atoms with Crippen LogP contribution in [-0.2, 0) is 22.7 Å². The Morgan fingerprint density at radius 3 is 1.33 bits per heavy atom. The molecule has 0 bridgehead atoms. The fraction of sp³-hybridized carbons (Fsp3) is 0.0952. The van der Waals surface area contributed by atoms with E-state index < -0.39 is 11.9 Å². The van der Waals surface area contributed by atoms with Gasteiger partial charge in [0.25, 0.3) is 0 Å². The highest BCUT2D eigenvalue weighted by Crippen LogP contribution is 2.26. The Kier molecular flexibility index (Phi) is 7.56. The number of carbonyl (C=O) groups is 2. The minimum atomic E-state index is -0.741. The molecule has 1 aromatic heterocycles. The average Bonchev–Trinajstić information content (AvgIpc) is 2.73. The van der Waals surface area contributed by atoms with Crippen molar-refractivity contribution in [2.24, 2.45) is 0 Å². The van der Waals surface area contributed by atoms with Crippen molar-refractivity contribution in [3.05, 3.63) is 97.2 Å². The molecule has 2 aromatic carbocycles. The lowest BCUT2D eigenvalue weighted by Crippen LogP contribution is -2.13. The van der Waals surface area contributed by atoms with Gasteiger partial charge < -0.3 is 9.47 Å². The Balaban J connectivity index is 1.66. The van der Waals surface area contributed by atoms with E-state index in [1.54, 1.807) is 36.4 Å². The van der Waals surface area contributed by atoms with Gasteiger partial charge in [0.2, 0.25) is 0 Å². The second-order valence-electron chi connectivity index (χ2n) is 5.96. The quantitative estimate of drug-likeness (QED) is 0.378. The first-order valence-electron chi connectivity index (χ1n) is 8.54. The highest BCUT2D eigenvalue weighted by atomic mass is 35.5. The second kappa shape index (κ2) is 10.1. The predicted octanol–water partition coefficient (Wildman–Crippen LogP) is 6.41. The van der Waals surface area contributed by atoms with Crippen LogP contribution < -0.4 is 0 Å². The molecule has 0 spiro atoms. The van der Waals surface area contributed by atoms with Gasteiger partial charge in [0, 0.05) is 31.2 Å². The van der Waals surface area contributed by atoms with Crippen LogP contribution in [0.3, 0.4) is 0 Å². The number of benzene rings is 2. The number of pyridine rings is 1. The molecule has 0 saturated carbocycles. The fourth-order valence-electron chi connectivity index (χ4n) is 2.43.